The van der Waals surface area contributed by atoms with Crippen LogP contribution in [0.5, 0.6) is 0 Å². The van der Waals surface area contributed by atoms with Crippen LogP contribution in [0, 0.1) is 5.92 Å². The summed E-state index contributed by atoms with van der Waals surface area (Å²) in [7, 11) is 0. The number of aromatic nitrogens is 1. The number of carbonyl (C=O) groups is 1. The number of fused-ring (bicyclic) bond motifs is 1. The minimum absolute atomic E-state index is 0.0146. The van der Waals surface area contributed by atoms with Gasteiger partial charge in [-0.3, -0.25) is 4.79 Å². The number of alkyl halides is 5. The van der Waals surface area contributed by atoms with Crippen molar-refractivity contribution >= 4 is 16.7 Å². The van der Waals surface area contributed by atoms with Crippen LogP contribution in [0.15, 0.2) is 24.4 Å². The van der Waals surface area contributed by atoms with Crippen LogP contribution in [0.3, 0.4) is 0 Å². The van der Waals surface area contributed by atoms with Crippen molar-refractivity contribution in [2.24, 2.45) is 5.92 Å². The number of rotatable bonds is 6. The van der Waals surface area contributed by atoms with Gasteiger partial charge in [0.2, 0.25) is 5.92 Å². The number of benzene rings is 1. The Hall–Kier alpha value is -1.96. The van der Waals surface area contributed by atoms with Crippen molar-refractivity contribution in [2.75, 3.05) is 6.61 Å². The van der Waals surface area contributed by atoms with E-state index < -0.39 is 23.4 Å². The van der Waals surface area contributed by atoms with E-state index in [-0.39, 0.29) is 54.8 Å². The Bertz CT molecular complexity index is 846. The molecule has 1 saturated carbocycles. The number of nitrogens with zero attached hydrogens (tertiary/aromatic N) is 1. The molecule has 0 spiro atoms. The first-order valence-corrected chi connectivity index (χ1v) is 9.33. The molecule has 1 heterocycles. The summed E-state index contributed by atoms with van der Waals surface area (Å²) in [5.74, 6) is -3.10. The molecule has 0 amide bonds. The number of halogens is 5. The SMILES string of the molecule is O=C(CCC1CCC(F)(F)CC1)c1cn(CCO)c2cccc(C(F)(F)F)c12. The Morgan fingerprint density at radius 1 is 1.21 bits per heavy atom. The zero-order valence-corrected chi connectivity index (χ0v) is 15.2. The molecule has 0 radical (unpaired) electrons. The highest BCUT2D eigenvalue weighted by atomic mass is 19.4. The Morgan fingerprint density at radius 2 is 1.89 bits per heavy atom. The van der Waals surface area contributed by atoms with Crippen molar-refractivity contribution in [1.29, 1.82) is 0 Å². The summed E-state index contributed by atoms with van der Waals surface area (Å²) in [5.41, 5.74) is -0.676. The van der Waals surface area contributed by atoms with Crippen molar-refractivity contribution in [3.8, 4) is 0 Å². The highest BCUT2D eigenvalue weighted by Gasteiger charge is 2.36. The summed E-state index contributed by atoms with van der Waals surface area (Å²) in [6, 6.07) is 3.70. The molecular formula is C20H22F5NO2. The van der Waals surface area contributed by atoms with Gasteiger partial charge in [-0.2, -0.15) is 13.2 Å². The van der Waals surface area contributed by atoms with Crippen LogP contribution in [0.25, 0.3) is 10.9 Å². The highest BCUT2D eigenvalue weighted by molar-refractivity contribution is 6.09. The van der Waals surface area contributed by atoms with Gasteiger partial charge in [-0.05, 0) is 37.3 Å². The second kappa shape index (κ2) is 7.81. The first kappa shape index (κ1) is 20.8. The van der Waals surface area contributed by atoms with E-state index >= 15 is 0 Å². The third kappa shape index (κ3) is 4.37. The first-order chi connectivity index (χ1) is 13.1. The number of ketones is 1. The van der Waals surface area contributed by atoms with Gasteiger partial charge >= 0.3 is 6.18 Å². The first-order valence-electron chi connectivity index (χ1n) is 9.33. The fourth-order valence-electron chi connectivity index (χ4n) is 3.95. The van der Waals surface area contributed by atoms with Gasteiger partial charge in [0.15, 0.2) is 5.78 Å². The van der Waals surface area contributed by atoms with Crippen LogP contribution in [-0.2, 0) is 12.7 Å². The molecule has 1 aliphatic rings. The predicted octanol–water partition coefficient (Wildman–Crippen LogP) is 5.44. The fraction of sp³-hybridized carbons (Fsp3) is 0.550. The molecule has 1 aromatic carbocycles. The molecule has 1 fully saturated rings. The van der Waals surface area contributed by atoms with Gasteiger partial charge in [-0.25, -0.2) is 8.78 Å². The molecular weight excluding hydrogens is 381 g/mol. The minimum Gasteiger partial charge on any atom is -0.395 e. The van der Waals surface area contributed by atoms with Gasteiger partial charge in [0, 0.05) is 48.5 Å². The molecule has 0 atom stereocenters. The third-order valence-corrected chi connectivity index (χ3v) is 5.47. The summed E-state index contributed by atoms with van der Waals surface area (Å²) in [5, 5.41) is 9.02. The van der Waals surface area contributed by atoms with Crippen LogP contribution in [0.4, 0.5) is 22.0 Å². The van der Waals surface area contributed by atoms with E-state index in [1.165, 1.54) is 22.9 Å². The maximum atomic E-state index is 13.5. The maximum absolute atomic E-state index is 13.5. The lowest BCUT2D eigenvalue weighted by Crippen LogP contribution is -2.24. The van der Waals surface area contributed by atoms with Gasteiger partial charge in [-0.1, -0.05) is 6.07 Å². The van der Waals surface area contributed by atoms with Crippen LogP contribution in [-0.4, -0.2) is 28.0 Å². The molecule has 0 saturated heterocycles. The van der Waals surface area contributed by atoms with Gasteiger partial charge in [0.25, 0.3) is 0 Å². The lowest BCUT2D eigenvalue weighted by atomic mass is 9.83. The van der Waals surface area contributed by atoms with E-state index in [1.807, 2.05) is 0 Å². The van der Waals surface area contributed by atoms with Gasteiger partial charge < -0.3 is 9.67 Å². The second-order valence-electron chi connectivity index (χ2n) is 7.42. The minimum atomic E-state index is -4.62. The monoisotopic (exact) mass is 403 g/mol. The van der Waals surface area contributed by atoms with Crippen LogP contribution >= 0.6 is 0 Å². The van der Waals surface area contributed by atoms with Gasteiger partial charge in [0.05, 0.1) is 12.2 Å². The van der Waals surface area contributed by atoms with E-state index in [0.29, 0.717) is 19.3 Å². The van der Waals surface area contributed by atoms with Crippen molar-refractivity contribution in [1.82, 2.24) is 4.57 Å². The molecule has 1 N–H and O–H groups in total. The smallest absolute Gasteiger partial charge is 0.395 e. The average Bonchev–Trinajstić information content (AvgIpc) is 2.99. The zero-order chi connectivity index (χ0) is 20.5. The van der Waals surface area contributed by atoms with Crippen molar-refractivity contribution in [3.05, 3.63) is 35.5 Å². The molecule has 3 rings (SSSR count). The van der Waals surface area contributed by atoms with E-state index in [1.54, 1.807) is 0 Å². The normalized spacial score (nSPS) is 17.9. The van der Waals surface area contributed by atoms with Gasteiger partial charge in [-0.15, -0.1) is 0 Å². The highest BCUT2D eigenvalue weighted by Crippen LogP contribution is 2.40. The zero-order valence-electron chi connectivity index (χ0n) is 15.2. The van der Waals surface area contributed by atoms with Crippen LogP contribution in [0.2, 0.25) is 0 Å². The van der Waals surface area contributed by atoms with Crippen LogP contribution in [0.1, 0.15) is 54.4 Å². The summed E-state index contributed by atoms with van der Waals surface area (Å²) in [6.45, 7) is -0.202. The summed E-state index contributed by atoms with van der Waals surface area (Å²) in [6.07, 6.45) is -2.64. The number of aliphatic hydroxyl groups is 1. The standard InChI is InChI=1S/C20H22F5NO2/c21-19(22)8-6-13(7-9-19)4-5-17(28)14-12-26(10-11-27)16-3-1-2-15(18(14)16)20(23,24)25/h1-3,12-13,27H,4-11H2. The Balaban J connectivity index is 1.86. The van der Waals surface area contributed by atoms with Crippen molar-refractivity contribution in [2.45, 2.75) is 57.2 Å². The molecule has 0 bridgehead atoms. The molecule has 1 aromatic heterocycles. The summed E-state index contributed by atoms with van der Waals surface area (Å²) < 4.78 is 68.3. The maximum Gasteiger partial charge on any atom is 0.417 e. The number of hydrogen-bond acceptors (Lipinski definition) is 2. The third-order valence-electron chi connectivity index (χ3n) is 5.47. The molecule has 28 heavy (non-hydrogen) atoms. The van der Waals surface area contributed by atoms with Crippen LogP contribution < -0.4 is 0 Å². The van der Waals surface area contributed by atoms with E-state index in [0.717, 1.165) is 6.07 Å². The molecule has 0 unspecified atom stereocenters. The Kier molecular flexibility index (Phi) is 5.79. The number of hydrogen-bond donors (Lipinski definition) is 1. The van der Waals surface area contributed by atoms with Crippen molar-refractivity contribution in [3.63, 3.8) is 0 Å². The predicted molar refractivity (Wildman–Crippen MR) is 94.5 cm³/mol. The van der Waals surface area contributed by atoms with E-state index in [2.05, 4.69) is 0 Å². The quantitative estimate of drug-likeness (QED) is 0.515. The number of Topliss-reactive ketones (excluding diaryl/α,β-unsaturated/α-hetero) is 1. The second-order valence-corrected chi connectivity index (χ2v) is 7.42. The van der Waals surface area contributed by atoms with E-state index in [4.69, 9.17) is 0 Å². The van der Waals surface area contributed by atoms with Crippen molar-refractivity contribution < 1.29 is 31.9 Å². The molecule has 8 heteroatoms. The molecule has 154 valence electrons. The molecule has 1 aliphatic carbocycles. The van der Waals surface area contributed by atoms with E-state index in [9.17, 15) is 31.9 Å². The topological polar surface area (TPSA) is 42.2 Å². The lowest BCUT2D eigenvalue weighted by Gasteiger charge is -2.27. The fourth-order valence-corrected chi connectivity index (χ4v) is 3.95. The van der Waals surface area contributed by atoms with Gasteiger partial charge in [0.1, 0.15) is 0 Å². The number of aliphatic hydroxyl groups excluding tert-OH is 1. The summed E-state index contributed by atoms with van der Waals surface area (Å²) >= 11 is 0. The lowest BCUT2D eigenvalue weighted by molar-refractivity contribution is -0.136. The summed E-state index contributed by atoms with van der Waals surface area (Å²) in [4.78, 5) is 12.7. The average molecular weight is 403 g/mol. The Labute approximate surface area is 159 Å². The molecule has 3 nitrogen and oxygen atoms in total. The Morgan fingerprint density at radius 3 is 2.50 bits per heavy atom. The molecule has 2 aromatic rings. The number of carbonyl (C=O) groups excluding carboxylic acids is 1. The molecule has 0 aliphatic heterocycles. The largest absolute Gasteiger partial charge is 0.417 e.